The number of nitrogens with one attached hydrogen (secondary N) is 1. The molecule has 0 radical (unpaired) electrons. The molecule has 6 aliphatic rings. The highest BCUT2D eigenvalue weighted by atomic mass is 16.5. The van der Waals surface area contributed by atoms with E-state index in [9.17, 15) is 5.11 Å². The highest BCUT2D eigenvalue weighted by Crippen LogP contribution is 2.65. The molecule has 2 saturated heterocycles. The number of aliphatic hydroxyl groups is 1. The van der Waals surface area contributed by atoms with Gasteiger partial charge in [-0.2, -0.15) is 0 Å². The molecule has 1 spiro atoms. The van der Waals surface area contributed by atoms with Crippen molar-refractivity contribution in [2.45, 2.75) is 103 Å². The summed E-state index contributed by atoms with van der Waals surface area (Å²) in [5, 5.41) is 14.1. The minimum absolute atomic E-state index is 0.0222. The van der Waals surface area contributed by atoms with Gasteiger partial charge in [-0.05, 0) is 99.5 Å². The number of fused-ring (bicyclic) bond motifs is 6. The molecule has 0 aromatic rings. The number of hydrogen-bond donors (Lipinski definition) is 2. The molecule has 0 aromatic carbocycles. The molecular formula is C27H41NO2. The van der Waals surface area contributed by atoms with Crippen LogP contribution in [0.25, 0.3) is 0 Å². The summed E-state index contributed by atoms with van der Waals surface area (Å²) >= 11 is 0. The molecule has 166 valence electrons. The Morgan fingerprint density at radius 2 is 2.00 bits per heavy atom. The van der Waals surface area contributed by atoms with Crippen molar-refractivity contribution < 1.29 is 9.84 Å². The highest BCUT2D eigenvalue weighted by molar-refractivity contribution is 5.38. The van der Waals surface area contributed by atoms with Crippen LogP contribution in [0.1, 0.15) is 79.1 Å². The zero-order chi connectivity index (χ0) is 20.8. The molecule has 4 fully saturated rings. The quantitative estimate of drug-likeness (QED) is 0.551. The summed E-state index contributed by atoms with van der Waals surface area (Å²) in [6, 6.07) is 0.530. The van der Waals surface area contributed by atoms with Gasteiger partial charge in [-0.25, -0.2) is 0 Å². The lowest BCUT2D eigenvalue weighted by molar-refractivity contribution is -0.0549. The fraction of sp³-hybridized carbons (Fsp3) is 0.852. The maximum Gasteiger partial charge on any atom is 0.0937 e. The molecule has 0 amide bonds. The van der Waals surface area contributed by atoms with Gasteiger partial charge in [0.15, 0.2) is 0 Å². The van der Waals surface area contributed by atoms with Gasteiger partial charge in [-0.3, -0.25) is 0 Å². The summed E-state index contributed by atoms with van der Waals surface area (Å²) in [7, 11) is 0. The molecule has 2 unspecified atom stereocenters. The topological polar surface area (TPSA) is 41.5 Å². The number of piperidine rings is 1. The summed E-state index contributed by atoms with van der Waals surface area (Å²) in [4.78, 5) is 0. The highest BCUT2D eigenvalue weighted by Gasteiger charge is 2.60. The van der Waals surface area contributed by atoms with Gasteiger partial charge in [0.25, 0.3) is 0 Å². The largest absolute Gasteiger partial charge is 0.393 e. The van der Waals surface area contributed by atoms with Crippen LogP contribution in [0.2, 0.25) is 0 Å². The Balaban J connectivity index is 1.34. The fourth-order valence-corrected chi connectivity index (χ4v) is 9.09. The lowest BCUT2D eigenvalue weighted by Gasteiger charge is -2.49. The predicted molar refractivity (Wildman–Crippen MR) is 120 cm³/mol. The summed E-state index contributed by atoms with van der Waals surface area (Å²) < 4.78 is 7.03. The minimum Gasteiger partial charge on any atom is -0.393 e. The van der Waals surface area contributed by atoms with Gasteiger partial charge >= 0.3 is 0 Å². The van der Waals surface area contributed by atoms with Crippen molar-refractivity contribution in [2.75, 3.05) is 6.54 Å². The second-order valence-electron chi connectivity index (χ2n) is 12.2. The second kappa shape index (κ2) is 6.68. The first kappa shape index (κ1) is 20.0. The first-order valence-corrected chi connectivity index (χ1v) is 12.8. The van der Waals surface area contributed by atoms with Gasteiger partial charge in [0.05, 0.1) is 17.8 Å². The fourth-order valence-electron chi connectivity index (χ4n) is 9.09. The molecule has 30 heavy (non-hydrogen) atoms. The van der Waals surface area contributed by atoms with E-state index in [-0.39, 0.29) is 11.7 Å². The Bertz CT molecular complexity index is 801. The van der Waals surface area contributed by atoms with E-state index in [1.54, 1.807) is 16.7 Å². The molecule has 4 aliphatic carbocycles. The van der Waals surface area contributed by atoms with Crippen molar-refractivity contribution in [3.05, 3.63) is 22.8 Å². The van der Waals surface area contributed by atoms with E-state index in [1.165, 1.54) is 38.5 Å². The number of aliphatic hydroxyl groups excluding tert-OH is 1. The van der Waals surface area contributed by atoms with Crippen LogP contribution in [-0.2, 0) is 4.74 Å². The SMILES string of the molecule is CC1=C2C[C@H]3C(CC=C4CC(O)CC[C@@]43C)[C@@H]2CC[C@]12O[C@@H]1C[C@H](C)CN[C@H]1[C@H]2C. The molecule has 0 bridgehead atoms. The Morgan fingerprint density at radius 3 is 2.83 bits per heavy atom. The van der Waals surface area contributed by atoms with Gasteiger partial charge in [0.1, 0.15) is 0 Å². The summed E-state index contributed by atoms with van der Waals surface area (Å²) in [5.74, 6) is 3.64. The third-order valence-electron chi connectivity index (χ3n) is 10.9. The molecular weight excluding hydrogens is 370 g/mol. The van der Waals surface area contributed by atoms with E-state index >= 15 is 0 Å². The zero-order valence-electron chi connectivity index (χ0n) is 19.4. The molecule has 3 nitrogen and oxygen atoms in total. The van der Waals surface area contributed by atoms with Crippen molar-refractivity contribution >= 4 is 0 Å². The van der Waals surface area contributed by atoms with Crippen LogP contribution in [0.5, 0.6) is 0 Å². The molecule has 6 rings (SSSR count). The first-order chi connectivity index (χ1) is 14.3. The lowest BCUT2D eigenvalue weighted by atomic mass is 9.56. The van der Waals surface area contributed by atoms with Crippen LogP contribution in [0, 0.1) is 35.0 Å². The van der Waals surface area contributed by atoms with Gasteiger partial charge < -0.3 is 15.2 Å². The Hall–Kier alpha value is -0.640. The predicted octanol–water partition coefficient (Wildman–Crippen LogP) is 5.00. The average molecular weight is 412 g/mol. The molecule has 2 saturated carbocycles. The molecule has 10 atom stereocenters. The van der Waals surface area contributed by atoms with E-state index in [1.807, 2.05) is 0 Å². The van der Waals surface area contributed by atoms with Crippen LogP contribution in [-0.4, -0.2) is 35.5 Å². The van der Waals surface area contributed by atoms with Crippen LogP contribution >= 0.6 is 0 Å². The minimum atomic E-state index is -0.111. The maximum absolute atomic E-state index is 10.3. The van der Waals surface area contributed by atoms with Gasteiger partial charge in [-0.15, -0.1) is 0 Å². The van der Waals surface area contributed by atoms with Crippen molar-refractivity contribution in [1.82, 2.24) is 5.32 Å². The van der Waals surface area contributed by atoms with Crippen LogP contribution in [0.4, 0.5) is 0 Å². The van der Waals surface area contributed by atoms with Crippen molar-refractivity contribution in [3.63, 3.8) is 0 Å². The Labute approximate surface area is 182 Å². The molecule has 3 heteroatoms. The average Bonchev–Trinajstić information content (AvgIpc) is 3.23. The van der Waals surface area contributed by atoms with E-state index in [2.05, 4.69) is 39.1 Å². The van der Waals surface area contributed by atoms with E-state index < -0.39 is 0 Å². The van der Waals surface area contributed by atoms with Gasteiger partial charge in [0, 0.05) is 12.0 Å². The maximum atomic E-state index is 10.3. The molecule has 2 heterocycles. The number of hydrogen-bond acceptors (Lipinski definition) is 3. The van der Waals surface area contributed by atoms with Gasteiger partial charge in [-0.1, -0.05) is 38.0 Å². The summed E-state index contributed by atoms with van der Waals surface area (Å²) in [5.41, 5.74) is 5.25. The van der Waals surface area contributed by atoms with E-state index in [0.29, 0.717) is 23.5 Å². The monoisotopic (exact) mass is 411 g/mol. The number of ether oxygens (including phenoxy) is 1. The van der Waals surface area contributed by atoms with Gasteiger partial charge in [0.2, 0.25) is 0 Å². The van der Waals surface area contributed by atoms with Crippen LogP contribution < -0.4 is 5.32 Å². The number of rotatable bonds is 0. The number of allylic oxidation sites excluding steroid dienone is 2. The van der Waals surface area contributed by atoms with Crippen molar-refractivity contribution in [1.29, 1.82) is 0 Å². The normalized spacial score (nSPS) is 55.0. The van der Waals surface area contributed by atoms with E-state index in [0.717, 1.165) is 43.1 Å². The van der Waals surface area contributed by atoms with Crippen molar-refractivity contribution in [3.8, 4) is 0 Å². The smallest absolute Gasteiger partial charge is 0.0937 e. The van der Waals surface area contributed by atoms with Crippen molar-refractivity contribution in [2.24, 2.45) is 35.0 Å². The second-order valence-corrected chi connectivity index (χ2v) is 12.2. The third-order valence-corrected chi connectivity index (χ3v) is 10.9. The summed E-state index contributed by atoms with van der Waals surface area (Å²) in [6.45, 7) is 10.9. The zero-order valence-corrected chi connectivity index (χ0v) is 19.4. The van der Waals surface area contributed by atoms with Crippen LogP contribution in [0.15, 0.2) is 22.8 Å². The van der Waals surface area contributed by atoms with E-state index in [4.69, 9.17) is 4.74 Å². The molecule has 2 N–H and O–H groups in total. The Kier molecular flexibility index (Phi) is 4.46. The first-order valence-electron chi connectivity index (χ1n) is 12.8. The molecule has 2 aliphatic heterocycles. The van der Waals surface area contributed by atoms with Crippen LogP contribution in [0.3, 0.4) is 0 Å². The third kappa shape index (κ3) is 2.55. The summed E-state index contributed by atoms with van der Waals surface area (Å²) in [6.07, 6.45) is 12.2. The lowest BCUT2D eigenvalue weighted by Crippen LogP contribution is -2.49. The standard InChI is InChI=1S/C27H41NO2/c1-15-11-24-25(28-14-15)17(3)27(30-24)10-8-20-21-6-5-18-12-19(29)7-9-26(18,4)23(21)13-22(20)16(27)2/h5,15,17,19-21,23-25,28-29H,6-14H2,1-4H3/t15-,17+,19?,20-,21?,23-,24+,25-,26-,27-/m0/s1. The molecule has 0 aromatic heterocycles. The Morgan fingerprint density at radius 1 is 1.17 bits per heavy atom.